The minimum atomic E-state index is 0.574. The molecule has 0 aliphatic carbocycles. The predicted octanol–water partition coefficient (Wildman–Crippen LogP) is 3.76. The number of hydrogen-bond acceptors (Lipinski definition) is 4. The maximum absolute atomic E-state index is 6.04. The van der Waals surface area contributed by atoms with Crippen LogP contribution in [0.3, 0.4) is 0 Å². The van der Waals surface area contributed by atoms with Gasteiger partial charge in [0.05, 0.1) is 61.7 Å². The normalized spacial score (nSPS) is 11.4. The first-order valence-corrected chi connectivity index (χ1v) is 8.92. The van der Waals surface area contributed by atoms with E-state index in [-0.39, 0.29) is 0 Å². The number of nitrogen functional groups attached to an aromatic ring is 2. The van der Waals surface area contributed by atoms with Gasteiger partial charge in [-0.3, -0.25) is 0 Å². The summed E-state index contributed by atoms with van der Waals surface area (Å²) in [5, 5.41) is 7.91. The third-order valence-electron chi connectivity index (χ3n) is 4.09. The third kappa shape index (κ3) is 6.20. The molecule has 0 radical (unpaired) electrons. The van der Waals surface area contributed by atoms with Crippen LogP contribution in [0.5, 0.6) is 0 Å². The molecule has 0 fully saturated rings. The molecule has 5 nitrogen and oxygen atoms in total. The van der Waals surface area contributed by atoms with E-state index in [0.29, 0.717) is 21.4 Å². The van der Waals surface area contributed by atoms with Gasteiger partial charge in [0.2, 0.25) is 0 Å². The van der Waals surface area contributed by atoms with E-state index in [9.17, 15) is 0 Å². The van der Waals surface area contributed by atoms with Gasteiger partial charge in [0, 0.05) is 11.4 Å². The Bertz CT molecular complexity index is 659. The van der Waals surface area contributed by atoms with Crippen molar-refractivity contribution >= 4 is 46.0 Å². The standard InChI is InChI=1S/C18H26Cl2N5/c1-25(2,9-7-23-13-3-5-17(21)15(19)11-13)10-8-24-14-4-6-18(22)16(20)12-14/h3-6,11-12,23-24H,7-10,21-22H2,1-2H3/q+1. The van der Waals surface area contributed by atoms with Gasteiger partial charge in [-0.05, 0) is 36.4 Å². The zero-order valence-electron chi connectivity index (χ0n) is 14.7. The van der Waals surface area contributed by atoms with E-state index in [1.165, 1.54) is 0 Å². The molecule has 2 aromatic rings. The zero-order valence-corrected chi connectivity index (χ0v) is 16.2. The van der Waals surface area contributed by atoms with Crippen molar-refractivity contribution in [2.45, 2.75) is 0 Å². The Morgan fingerprint density at radius 3 is 1.56 bits per heavy atom. The summed E-state index contributed by atoms with van der Waals surface area (Å²) in [5.41, 5.74) is 14.6. The van der Waals surface area contributed by atoms with Crippen LogP contribution in [0.4, 0.5) is 22.7 Å². The molecule has 25 heavy (non-hydrogen) atoms. The molecule has 0 saturated carbocycles. The van der Waals surface area contributed by atoms with Crippen LogP contribution in [0, 0.1) is 0 Å². The Hall–Kier alpha value is -1.82. The fourth-order valence-corrected chi connectivity index (χ4v) is 2.75. The Morgan fingerprint density at radius 1 is 0.800 bits per heavy atom. The van der Waals surface area contributed by atoms with Gasteiger partial charge in [0.1, 0.15) is 0 Å². The summed E-state index contributed by atoms with van der Waals surface area (Å²) in [6.45, 7) is 3.65. The van der Waals surface area contributed by atoms with Gasteiger partial charge in [-0.1, -0.05) is 23.2 Å². The fourth-order valence-electron chi connectivity index (χ4n) is 2.39. The number of hydrogen-bond donors (Lipinski definition) is 4. The van der Waals surface area contributed by atoms with Crippen LogP contribution in [0.25, 0.3) is 0 Å². The van der Waals surface area contributed by atoms with E-state index in [4.69, 9.17) is 34.7 Å². The van der Waals surface area contributed by atoms with E-state index in [0.717, 1.165) is 42.0 Å². The number of quaternary nitrogens is 1. The van der Waals surface area contributed by atoms with Crippen molar-refractivity contribution in [3.63, 3.8) is 0 Å². The quantitative estimate of drug-likeness (QED) is 0.414. The van der Waals surface area contributed by atoms with Crippen LogP contribution in [0.15, 0.2) is 36.4 Å². The first-order chi connectivity index (χ1) is 11.8. The maximum atomic E-state index is 6.04. The van der Waals surface area contributed by atoms with Crippen molar-refractivity contribution in [1.29, 1.82) is 0 Å². The van der Waals surface area contributed by atoms with Gasteiger partial charge in [0.15, 0.2) is 0 Å². The molecular formula is C18H26Cl2N5+. The molecule has 0 saturated heterocycles. The van der Waals surface area contributed by atoms with E-state index >= 15 is 0 Å². The molecule has 2 aromatic carbocycles. The number of rotatable bonds is 8. The van der Waals surface area contributed by atoms with Crippen molar-refractivity contribution in [2.75, 3.05) is 62.4 Å². The van der Waals surface area contributed by atoms with Crippen molar-refractivity contribution in [1.82, 2.24) is 0 Å². The summed E-state index contributed by atoms with van der Waals surface area (Å²) in [6, 6.07) is 11.2. The van der Waals surface area contributed by atoms with Gasteiger partial charge in [-0.15, -0.1) is 0 Å². The molecule has 6 N–H and O–H groups in total. The second-order valence-corrected chi connectivity index (χ2v) is 7.52. The summed E-state index contributed by atoms with van der Waals surface area (Å²) in [6.07, 6.45) is 0. The lowest BCUT2D eigenvalue weighted by Gasteiger charge is -2.30. The van der Waals surface area contributed by atoms with Crippen molar-refractivity contribution < 1.29 is 4.48 Å². The minimum absolute atomic E-state index is 0.574. The molecule has 2 rings (SSSR count). The van der Waals surface area contributed by atoms with Crippen LogP contribution in [0.1, 0.15) is 0 Å². The van der Waals surface area contributed by atoms with E-state index in [1.807, 2.05) is 36.4 Å². The highest BCUT2D eigenvalue weighted by molar-refractivity contribution is 6.33. The van der Waals surface area contributed by atoms with Crippen LogP contribution < -0.4 is 22.1 Å². The highest BCUT2D eigenvalue weighted by Gasteiger charge is 2.14. The second kappa shape index (κ2) is 8.52. The van der Waals surface area contributed by atoms with Crippen molar-refractivity contribution in [3.8, 4) is 0 Å². The smallest absolute Gasteiger partial charge is 0.0958 e. The van der Waals surface area contributed by atoms with Gasteiger partial charge in [-0.2, -0.15) is 0 Å². The SMILES string of the molecule is C[N+](C)(CCNc1ccc(N)c(Cl)c1)CCNc1ccc(N)c(Cl)c1. The third-order valence-corrected chi connectivity index (χ3v) is 4.75. The highest BCUT2D eigenvalue weighted by atomic mass is 35.5. The molecule has 0 heterocycles. The lowest BCUT2D eigenvalue weighted by atomic mass is 10.2. The van der Waals surface area contributed by atoms with Crippen molar-refractivity contribution in [3.05, 3.63) is 46.4 Å². The molecule has 0 atom stereocenters. The summed E-state index contributed by atoms with van der Waals surface area (Å²) >= 11 is 12.1. The second-order valence-electron chi connectivity index (χ2n) is 6.71. The average molecular weight is 383 g/mol. The number of nitrogens with one attached hydrogen (secondary N) is 2. The minimum Gasteiger partial charge on any atom is -0.398 e. The summed E-state index contributed by atoms with van der Waals surface area (Å²) in [4.78, 5) is 0. The molecule has 0 aliphatic rings. The van der Waals surface area contributed by atoms with E-state index in [2.05, 4.69) is 24.7 Å². The zero-order chi connectivity index (χ0) is 18.4. The first-order valence-electron chi connectivity index (χ1n) is 8.17. The summed E-state index contributed by atoms with van der Waals surface area (Å²) in [7, 11) is 4.41. The number of benzene rings is 2. The molecule has 0 bridgehead atoms. The van der Waals surface area contributed by atoms with Crippen LogP contribution in [-0.4, -0.2) is 44.8 Å². The molecule has 7 heteroatoms. The molecule has 0 unspecified atom stereocenters. The first kappa shape index (κ1) is 19.5. The summed E-state index contributed by atoms with van der Waals surface area (Å²) in [5.74, 6) is 0. The predicted molar refractivity (Wildman–Crippen MR) is 111 cm³/mol. The highest BCUT2D eigenvalue weighted by Crippen LogP contribution is 2.23. The average Bonchev–Trinajstić information content (AvgIpc) is 2.54. The molecule has 0 amide bonds. The Morgan fingerprint density at radius 2 is 1.20 bits per heavy atom. The Kier molecular flexibility index (Phi) is 6.64. The largest absolute Gasteiger partial charge is 0.398 e. The van der Waals surface area contributed by atoms with E-state index in [1.54, 1.807) is 0 Å². The Balaban J connectivity index is 1.75. The number of nitrogens with zero attached hydrogens (tertiary/aromatic N) is 1. The van der Waals surface area contributed by atoms with Crippen LogP contribution in [0.2, 0.25) is 10.0 Å². The number of nitrogens with two attached hydrogens (primary N) is 2. The monoisotopic (exact) mass is 382 g/mol. The van der Waals surface area contributed by atoms with E-state index < -0.39 is 0 Å². The van der Waals surface area contributed by atoms with Crippen LogP contribution >= 0.6 is 23.2 Å². The maximum Gasteiger partial charge on any atom is 0.0958 e. The summed E-state index contributed by atoms with van der Waals surface area (Å²) < 4.78 is 0.880. The fraction of sp³-hybridized carbons (Fsp3) is 0.333. The molecular weight excluding hydrogens is 357 g/mol. The van der Waals surface area contributed by atoms with Gasteiger partial charge in [0.25, 0.3) is 0 Å². The van der Waals surface area contributed by atoms with Gasteiger partial charge < -0.3 is 26.6 Å². The topological polar surface area (TPSA) is 76.1 Å². The van der Waals surface area contributed by atoms with Gasteiger partial charge in [-0.25, -0.2) is 0 Å². The molecule has 0 spiro atoms. The van der Waals surface area contributed by atoms with Crippen LogP contribution in [-0.2, 0) is 0 Å². The molecule has 0 aliphatic heterocycles. The molecule has 0 aromatic heterocycles. The number of halogens is 2. The van der Waals surface area contributed by atoms with Gasteiger partial charge >= 0.3 is 0 Å². The Labute approximate surface area is 159 Å². The van der Waals surface area contributed by atoms with Crippen molar-refractivity contribution in [2.24, 2.45) is 0 Å². The number of anilines is 4. The number of likely N-dealkylation sites (N-methyl/N-ethyl adjacent to an activating group) is 1. The lowest BCUT2D eigenvalue weighted by Crippen LogP contribution is -2.46. The molecule has 136 valence electrons. The lowest BCUT2D eigenvalue weighted by molar-refractivity contribution is -0.886.